The first-order valence-corrected chi connectivity index (χ1v) is 8.02. The number of H-pyrrole nitrogens is 1. The number of benzene rings is 1. The van der Waals surface area contributed by atoms with Crippen LogP contribution in [0.4, 0.5) is 19.0 Å². The zero-order valence-electron chi connectivity index (χ0n) is 12.1. The van der Waals surface area contributed by atoms with E-state index in [1.54, 1.807) is 0 Å². The molecule has 2 heterocycles. The summed E-state index contributed by atoms with van der Waals surface area (Å²) in [4.78, 5) is 17.4. The molecule has 1 N–H and O–H groups in total. The summed E-state index contributed by atoms with van der Waals surface area (Å²) in [6, 6.07) is 1.39. The van der Waals surface area contributed by atoms with E-state index in [9.17, 15) is 23.3 Å². The summed E-state index contributed by atoms with van der Waals surface area (Å²) in [5.74, 6) is -0.436. The molecule has 8 nitrogen and oxygen atoms in total. The molecule has 0 saturated heterocycles. The summed E-state index contributed by atoms with van der Waals surface area (Å²) in [7, 11) is 0. The van der Waals surface area contributed by atoms with Gasteiger partial charge in [-0.3, -0.25) is 0 Å². The Morgan fingerprint density at radius 3 is 2.38 bits per heavy atom. The Labute approximate surface area is 160 Å². The van der Waals surface area contributed by atoms with E-state index in [0.29, 0.717) is 12.1 Å². The molecule has 0 unspecified atom stereocenters. The molecule has 0 aliphatic carbocycles. The van der Waals surface area contributed by atoms with E-state index in [-0.39, 0.29) is 31.9 Å². The van der Waals surface area contributed by atoms with Crippen molar-refractivity contribution in [3.8, 4) is 17.2 Å². The number of aromatic amines is 1. The van der Waals surface area contributed by atoms with Crippen LogP contribution in [-0.2, 0) is 6.18 Å². The molecule has 1 aromatic carbocycles. The standard InChI is InChI=1S/C12H4BrCl2F3N6O2/c13-9-11(24(25)26)21-10(20-9)7-3-19-23(22-7)8-5(14)1-4(2-6(8)15)12(16,17)18/h1-3H,(H,20,21). The Hall–Kier alpha value is -2.18. The fourth-order valence-electron chi connectivity index (χ4n) is 1.98. The van der Waals surface area contributed by atoms with E-state index in [1.807, 2.05) is 0 Å². The number of imidazole rings is 1. The molecule has 0 atom stereocenters. The van der Waals surface area contributed by atoms with Crippen LogP contribution in [0, 0.1) is 10.1 Å². The van der Waals surface area contributed by atoms with E-state index >= 15 is 0 Å². The SMILES string of the molecule is O=[N+]([O-])c1nc(-c2cnn(-c3c(Cl)cc(C(F)(F)F)cc3Cl)n2)[nH]c1Br. The number of hydrogen-bond acceptors (Lipinski definition) is 5. The van der Waals surface area contributed by atoms with Crippen molar-refractivity contribution < 1.29 is 18.1 Å². The van der Waals surface area contributed by atoms with Crippen LogP contribution in [0.1, 0.15) is 5.56 Å². The first-order valence-electron chi connectivity index (χ1n) is 6.47. The third-order valence-corrected chi connectivity index (χ3v) is 4.22. The highest BCUT2D eigenvalue weighted by Gasteiger charge is 2.32. The van der Waals surface area contributed by atoms with Gasteiger partial charge in [0.15, 0.2) is 10.3 Å². The zero-order chi connectivity index (χ0) is 19.2. The summed E-state index contributed by atoms with van der Waals surface area (Å²) in [6.45, 7) is 0. The van der Waals surface area contributed by atoms with Crippen LogP contribution < -0.4 is 0 Å². The molecule has 14 heteroatoms. The van der Waals surface area contributed by atoms with Crippen LogP contribution in [0.3, 0.4) is 0 Å². The Kier molecular flexibility index (Phi) is 4.67. The van der Waals surface area contributed by atoms with E-state index in [2.05, 4.69) is 36.1 Å². The number of nitrogens with zero attached hydrogens (tertiary/aromatic N) is 5. The molecule has 3 rings (SSSR count). The quantitative estimate of drug-likeness (QED) is 0.442. The van der Waals surface area contributed by atoms with Gasteiger partial charge in [0.2, 0.25) is 0 Å². The second-order valence-corrected chi connectivity index (χ2v) is 6.39. The van der Waals surface area contributed by atoms with Crippen LogP contribution in [0.25, 0.3) is 17.2 Å². The fourth-order valence-corrected chi connectivity index (χ4v) is 3.04. The number of halogens is 6. The van der Waals surface area contributed by atoms with E-state index < -0.39 is 22.5 Å². The first kappa shape index (κ1) is 18.6. The maximum Gasteiger partial charge on any atom is 0.416 e. The lowest BCUT2D eigenvalue weighted by atomic mass is 10.2. The number of hydrogen-bond donors (Lipinski definition) is 1. The number of nitrogens with one attached hydrogen (secondary N) is 1. The second-order valence-electron chi connectivity index (χ2n) is 4.79. The van der Waals surface area contributed by atoms with Crippen molar-refractivity contribution in [2.24, 2.45) is 0 Å². The van der Waals surface area contributed by atoms with Gasteiger partial charge in [0.1, 0.15) is 5.69 Å². The molecule has 0 bridgehead atoms. The Morgan fingerprint density at radius 1 is 1.27 bits per heavy atom. The molecule has 0 fully saturated rings. The summed E-state index contributed by atoms with van der Waals surface area (Å²) in [5, 5.41) is 18.0. The van der Waals surface area contributed by atoms with Crippen molar-refractivity contribution in [3.05, 3.63) is 48.7 Å². The van der Waals surface area contributed by atoms with E-state index in [1.165, 1.54) is 6.20 Å². The third kappa shape index (κ3) is 3.39. The van der Waals surface area contributed by atoms with Gasteiger partial charge in [-0.1, -0.05) is 23.2 Å². The maximum absolute atomic E-state index is 12.8. The Bertz CT molecular complexity index is 996. The van der Waals surface area contributed by atoms with Gasteiger partial charge in [-0.2, -0.15) is 18.3 Å². The van der Waals surface area contributed by atoms with Gasteiger partial charge in [0.25, 0.3) is 5.82 Å². The monoisotopic (exact) mass is 470 g/mol. The topological polar surface area (TPSA) is 103 Å². The molecule has 2 aromatic heterocycles. The summed E-state index contributed by atoms with van der Waals surface area (Å²) >= 11 is 14.7. The van der Waals surface area contributed by atoms with E-state index in [0.717, 1.165) is 4.80 Å². The Morgan fingerprint density at radius 2 is 1.88 bits per heavy atom. The van der Waals surface area contributed by atoms with Crippen molar-refractivity contribution >= 4 is 44.9 Å². The molecular formula is C12H4BrCl2F3N6O2. The third-order valence-electron chi connectivity index (χ3n) is 3.09. The van der Waals surface area contributed by atoms with Crippen LogP contribution in [-0.4, -0.2) is 29.9 Å². The number of nitro groups is 1. The average molecular weight is 472 g/mol. The predicted octanol–water partition coefficient (Wildman–Crippen LogP) is 4.65. The van der Waals surface area contributed by atoms with Crippen LogP contribution in [0.15, 0.2) is 22.9 Å². The van der Waals surface area contributed by atoms with Crippen LogP contribution in [0.2, 0.25) is 10.0 Å². The molecular weight excluding hydrogens is 468 g/mol. The molecule has 0 radical (unpaired) electrons. The normalized spacial score (nSPS) is 11.8. The smallest absolute Gasteiger partial charge is 0.358 e. The number of aromatic nitrogens is 5. The van der Waals surface area contributed by atoms with Gasteiger partial charge >= 0.3 is 12.0 Å². The van der Waals surface area contributed by atoms with Crippen LogP contribution >= 0.6 is 39.1 Å². The van der Waals surface area contributed by atoms with Crippen molar-refractivity contribution in [1.29, 1.82) is 0 Å². The predicted molar refractivity (Wildman–Crippen MR) is 88.3 cm³/mol. The zero-order valence-corrected chi connectivity index (χ0v) is 15.2. The van der Waals surface area contributed by atoms with E-state index in [4.69, 9.17) is 23.2 Å². The average Bonchev–Trinajstić information content (AvgIpc) is 3.12. The summed E-state index contributed by atoms with van der Waals surface area (Å²) in [6.07, 6.45) is -3.42. The second kappa shape index (κ2) is 6.52. The highest BCUT2D eigenvalue weighted by atomic mass is 79.9. The molecule has 0 spiro atoms. The largest absolute Gasteiger partial charge is 0.416 e. The molecule has 0 saturated carbocycles. The van der Waals surface area contributed by atoms with Gasteiger partial charge in [-0.05, 0) is 38.0 Å². The minimum Gasteiger partial charge on any atom is -0.358 e. The first-order chi connectivity index (χ1) is 12.1. The number of rotatable bonds is 3. The van der Waals surface area contributed by atoms with Crippen molar-refractivity contribution in [2.45, 2.75) is 6.18 Å². The van der Waals surface area contributed by atoms with Gasteiger partial charge in [0, 0.05) is 0 Å². The molecule has 0 aliphatic heterocycles. The molecule has 3 aromatic rings. The van der Waals surface area contributed by atoms with Crippen molar-refractivity contribution in [3.63, 3.8) is 0 Å². The molecule has 136 valence electrons. The lowest BCUT2D eigenvalue weighted by molar-refractivity contribution is -0.390. The molecule has 0 aliphatic rings. The van der Waals surface area contributed by atoms with Gasteiger partial charge < -0.3 is 15.1 Å². The Balaban J connectivity index is 2.03. The maximum atomic E-state index is 12.8. The summed E-state index contributed by atoms with van der Waals surface area (Å²) < 4.78 is 38.4. The van der Waals surface area contributed by atoms with Crippen LogP contribution in [0.5, 0.6) is 0 Å². The summed E-state index contributed by atoms with van der Waals surface area (Å²) in [5.41, 5.74) is -1.01. The number of alkyl halides is 3. The van der Waals surface area contributed by atoms with Crippen molar-refractivity contribution in [2.75, 3.05) is 0 Å². The lowest BCUT2D eigenvalue weighted by Crippen LogP contribution is -2.07. The van der Waals surface area contributed by atoms with Crippen molar-refractivity contribution in [1.82, 2.24) is 25.0 Å². The molecule has 26 heavy (non-hydrogen) atoms. The molecule has 0 amide bonds. The van der Waals surface area contributed by atoms with Gasteiger partial charge in [-0.15, -0.1) is 9.90 Å². The van der Waals surface area contributed by atoms with Gasteiger partial charge in [0.05, 0.1) is 21.8 Å². The highest BCUT2D eigenvalue weighted by Crippen LogP contribution is 2.37. The lowest BCUT2D eigenvalue weighted by Gasteiger charge is -2.11. The van der Waals surface area contributed by atoms with Gasteiger partial charge in [-0.25, -0.2) is 0 Å². The minimum absolute atomic E-state index is 0.0222. The highest BCUT2D eigenvalue weighted by molar-refractivity contribution is 9.10. The fraction of sp³-hybridized carbons (Fsp3) is 0.0833. The minimum atomic E-state index is -4.62.